The zero-order valence-electron chi connectivity index (χ0n) is 7.91. The van der Waals surface area contributed by atoms with Crippen molar-refractivity contribution in [2.75, 3.05) is 14.1 Å². The van der Waals surface area contributed by atoms with E-state index >= 15 is 0 Å². The Morgan fingerprint density at radius 1 is 1.50 bits per heavy atom. The first-order valence-electron chi connectivity index (χ1n) is 3.97. The van der Waals surface area contributed by atoms with Crippen molar-refractivity contribution < 1.29 is 9.18 Å². The van der Waals surface area contributed by atoms with E-state index in [9.17, 15) is 9.18 Å². The van der Waals surface area contributed by atoms with Crippen LogP contribution >= 0.6 is 12.6 Å². The molecular formula is C9H11FN2OS. The molecule has 0 fully saturated rings. The Morgan fingerprint density at radius 3 is 2.71 bits per heavy atom. The third-order valence-corrected chi connectivity index (χ3v) is 1.80. The fraction of sp³-hybridized carbons (Fsp3) is 0.222. The lowest BCUT2D eigenvalue weighted by Crippen LogP contribution is -2.36. The zero-order chi connectivity index (χ0) is 10.7. The Labute approximate surface area is 87.3 Å². The van der Waals surface area contributed by atoms with E-state index in [-0.39, 0.29) is 5.56 Å². The first-order valence-corrected chi connectivity index (χ1v) is 4.42. The van der Waals surface area contributed by atoms with E-state index in [0.717, 1.165) is 0 Å². The van der Waals surface area contributed by atoms with Crippen molar-refractivity contribution in [2.45, 2.75) is 4.90 Å². The number of hydrazine groups is 1. The average molecular weight is 214 g/mol. The zero-order valence-corrected chi connectivity index (χ0v) is 8.81. The predicted molar refractivity (Wildman–Crippen MR) is 54.8 cm³/mol. The van der Waals surface area contributed by atoms with Crippen LogP contribution in [0.25, 0.3) is 0 Å². The van der Waals surface area contributed by atoms with E-state index in [4.69, 9.17) is 0 Å². The lowest BCUT2D eigenvalue weighted by molar-refractivity contribution is 0.0852. The third kappa shape index (κ3) is 2.71. The summed E-state index contributed by atoms with van der Waals surface area (Å²) in [5, 5.41) is 1.45. The number of halogens is 1. The van der Waals surface area contributed by atoms with Crippen molar-refractivity contribution >= 4 is 18.5 Å². The maximum atomic E-state index is 13.2. The molecule has 0 aromatic heterocycles. The number of nitrogens with zero attached hydrogens (tertiary/aromatic N) is 1. The van der Waals surface area contributed by atoms with Crippen molar-refractivity contribution in [1.82, 2.24) is 10.4 Å². The van der Waals surface area contributed by atoms with Gasteiger partial charge in [0.1, 0.15) is 5.82 Å². The van der Waals surface area contributed by atoms with Gasteiger partial charge in [-0.15, -0.1) is 12.6 Å². The van der Waals surface area contributed by atoms with Crippen LogP contribution in [0.5, 0.6) is 0 Å². The van der Waals surface area contributed by atoms with Crippen LogP contribution in [0.15, 0.2) is 23.1 Å². The number of hydrogen-bond acceptors (Lipinski definition) is 3. The quantitative estimate of drug-likeness (QED) is 0.575. The molecule has 1 aromatic rings. The fourth-order valence-corrected chi connectivity index (χ4v) is 1.15. The highest BCUT2D eigenvalue weighted by atomic mass is 32.1. The van der Waals surface area contributed by atoms with Crippen LogP contribution in [0.4, 0.5) is 4.39 Å². The lowest BCUT2D eigenvalue weighted by atomic mass is 10.2. The maximum Gasteiger partial charge on any atom is 0.268 e. The van der Waals surface area contributed by atoms with Crippen LogP contribution in [0, 0.1) is 5.82 Å². The van der Waals surface area contributed by atoms with Gasteiger partial charge in [-0.25, -0.2) is 9.40 Å². The van der Waals surface area contributed by atoms with E-state index in [0.29, 0.717) is 4.90 Å². The van der Waals surface area contributed by atoms with E-state index in [1.807, 2.05) is 0 Å². The first kappa shape index (κ1) is 11.0. The monoisotopic (exact) mass is 214 g/mol. The average Bonchev–Trinajstić information content (AvgIpc) is 2.08. The molecule has 0 spiro atoms. The van der Waals surface area contributed by atoms with Gasteiger partial charge in [-0.3, -0.25) is 10.2 Å². The van der Waals surface area contributed by atoms with Crippen LogP contribution in [0.1, 0.15) is 10.4 Å². The summed E-state index contributed by atoms with van der Waals surface area (Å²) in [5.41, 5.74) is 2.44. The van der Waals surface area contributed by atoms with Crippen LogP contribution < -0.4 is 5.43 Å². The van der Waals surface area contributed by atoms with E-state index < -0.39 is 11.7 Å². The molecule has 14 heavy (non-hydrogen) atoms. The molecule has 0 atom stereocenters. The molecule has 0 saturated heterocycles. The van der Waals surface area contributed by atoms with Gasteiger partial charge in [0, 0.05) is 19.0 Å². The van der Waals surface area contributed by atoms with Gasteiger partial charge in [0.2, 0.25) is 0 Å². The minimum atomic E-state index is -0.554. The lowest BCUT2D eigenvalue weighted by Gasteiger charge is -2.12. The fourth-order valence-electron chi connectivity index (χ4n) is 0.951. The molecule has 0 heterocycles. The van der Waals surface area contributed by atoms with Crippen LogP contribution in [-0.2, 0) is 0 Å². The third-order valence-electron chi connectivity index (χ3n) is 1.52. The van der Waals surface area contributed by atoms with Gasteiger partial charge in [0.15, 0.2) is 0 Å². The van der Waals surface area contributed by atoms with Crippen molar-refractivity contribution in [3.05, 3.63) is 29.6 Å². The highest BCUT2D eigenvalue weighted by Crippen LogP contribution is 2.13. The molecule has 1 rings (SSSR count). The van der Waals surface area contributed by atoms with E-state index in [1.54, 1.807) is 14.1 Å². The number of hydrogen-bond donors (Lipinski definition) is 2. The molecule has 0 aliphatic rings. The summed E-state index contributed by atoms with van der Waals surface area (Å²) < 4.78 is 13.2. The van der Waals surface area contributed by atoms with Gasteiger partial charge in [-0.05, 0) is 18.2 Å². The summed E-state index contributed by atoms with van der Waals surface area (Å²) in [6.45, 7) is 0. The molecular weight excluding hydrogens is 203 g/mol. The maximum absolute atomic E-state index is 13.2. The normalized spacial score (nSPS) is 10.4. The minimum absolute atomic E-state index is 0.00815. The molecule has 1 aromatic carbocycles. The van der Waals surface area contributed by atoms with Crippen molar-refractivity contribution in [1.29, 1.82) is 0 Å². The summed E-state index contributed by atoms with van der Waals surface area (Å²) in [6, 6.07) is 4.09. The number of rotatable bonds is 2. The van der Waals surface area contributed by atoms with Crippen LogP contribution in [0.3, 0.4) is 0 Å². The molecule has 0 saturated carbocycles. The smallest absolute Gasteiger partial charge is 0.268 e. The van der Waals surface area contributed by atoms with E-state index in [1.165, 1.54) is 23.2 Å². The number of carbonyl (C=O) groups is 1. The largest absolute Gasteiger partial charge is 0.285 e. The predicted octanol–water partition coefficient (Wildman–Crippen LogP) is 1.32. The standard InChI is InChI=1S/C9H11FN2OS/c1-12(2)11-9(13)7-5-6(14)3-4-8(7)10/h3-5,14H,1-2H3,(H,11,13). The Balaban J connectivity index is 2.94. The Morgan fingerprint density at radius 2 is 2.14 bits per heavy atom. The molecule has 5 heteroatoms. The highest BCUT2D eigenvalue weighted by Gasteiger charge is 2.11. The number of carbonyl (C=O) groups excluding carboxylic acids is 1. The van der Waals surface area contributed by atoms with Gasteiger partial charge in [-0.2, -0.15) is 0 Å². The molecule has 3 nitrogen and oxygen atoms in total. The highest BCUT2D eigenvalue weighted by molar-refractivity contribution is 7.80. The van der Waals surface area contributed by atoms with Crippen LogP contribution in [-0.4, -0.2) is 25.0 Å². The van der Waals surface area contributed by atoms with Crippen molar-refractivity contribution in [3.63, 3.8) is 0 Å². The van der Waals surface area contributed by atoms with Gasteiger partial charge in [0.25, 0.3) is 5.91 Å². The van der Waals surface area contributed by atoms with Crippen molar-refractivity contribution in [3.8, 4) is 0 Å². The number of benzene rings is 1. The molecule has 76 valence electrons. The summed E-state index contributed by atoms with van der Waals surface area (Å²) in [4.78, 5) is 12.0. The number of thiol groups is 1. The molecule has 0 bridgehead atoms. The summed E-state index contributed by atoms with van der Waals surface area (Å²) in [7, 11) is 3.31. The minimum Gasteiger partial charge on any atom is -0.285 e. The van der Waals surface area contributed by atoms with Gasteiger partial charge >= 0.3 is 0 Å². The summed E-state index contributed by atoms with van der Waals surface area (Å²) in [5.74, 6) is -1.04. The molecule has 0 aliphatic heterocycles. The second-order valence-electron chi connectivity index (χ2n) is 3.00. The van der Waals surface area contributed by atoms with Crippen LogP contribution in [0.2, 0.25) is 0 Å². The van der Waals surface area contributed by atoms with Gasteiger partial charge in [0.05, 0.1) is 5.56 Å². The molecule has 1 N–H and O–H groups in total. The van der Waals surface area contributed by atoms with Gasteiger partial charge < -0.3 is 0 Å². The second-order valence-corrected chi connectivity index (χ2v) is 3.52. The summed E-state index contributed by atoms with van der Waals surface area (Å²) in [6.07, 6.45) is 0. The van der Waals surface area contributed by atoms with Gasteiger partial charge in [-0.1, -0.05) is 0 Å². The Hall–Kier alpha value is -1.07. The number of amides is 1. The molecule has 1 amide bonds. The Kier molecular flexibility index (Phi) is 3.49. The number of nitrogens with one attached hydrogen (secondary N) is 1. The Bertz CT molecular complexity index is 355. The van der Waals surface area contributed by atoms with E-state index in [2.05, 4.69) is 18.1 Å². The van der Waals surface area contributed by atoms with Crippen molar-refractivity contribution in [2.24, 2.45) is 0 Å². The first-order chi connectivity index (χ1) is 6.50. The molecule has 0 radical (unpaired) electrons. The second kappa shape index (κ2) is 4.43. The molecule has 0 unspecified atom stereocenters. The summed E-state index contributed by atoms with van der Waals surface area (Å²) >= 11 is 4.03. The molecule has 0 aliphatic carbocycles. The SMILES string of the molecule is CN(C)NC(=O)c1cc(S)ccc1F. The topological polar surface area (TPSA) is 32.3 Å².